The lowest BCUT2D eigenvalue weighted by atomic mass is 10.1. The molecule has 0 amide bonds. The summed E-state index contributed by atoms with van der Waals surface area (Å²) in [5.74, 6) is 0.0966. The molecule has 16 heavy (non-hydrogen) atoms. The molecular formula is C13H16N2O. The van der Waals surface area contributed by atoms with Gasteiger partial charge in [-0.25, -0.2) is 0 Å². The van der Waals surface area contributed by atoms with Crippen molar-refractivity contribution in [2.75, 3.05) is 0 Å². The summed E-state index contributed by atoms with van der Waals surface area (Å²) in [4.78, 5) is 0. The molecule has 0 radical (unpaired) electrons. The van der Waals surface area contributed by atoms with Crippen LogP contribution in [0.4, 0.5) is 0 Å². The molecule has 0 unspecified atom stereocenters. The number of hydrogen-bond acceptors (Lipinski definition) is 2. The largest absolute Gasteiger partial charge is 0.492 e. The van der Waals surface area contributed by atoms with Gasteiger partial charge in [-0.1, -0.05) is 29.8 Å². The molecule has 0 bridgehead atoms. The zero-order valence-corrected chi connectivity index (χ0v) is 9.81. The van der Waals surface area contributed by atoms with Gasteiger partial charge in [0.15, 0.2) is 0 Å². The Labute approximate surface area is 95.3 Å². The van der Waals surface area contributed by atoms with Gasteiger partial charge in [-0.3, -0.25) is 4.68 Å². The fourth-order valence-corrected chi connectivity index (χ4v) is 1.66. The zero-order chi connectivity index (χ0) is 11.7. The molecular weight excluding hydrogens is 200 g/mol. The topological polar surface area (TPSA) is 38.0 Å². The van der Waals surface area contributed by atoms with E-state index in [1.165, 1.54) is 5.56 Å². The van der Waals surface area contributed by atoms with E-state index < -0.39 is 0 Å². The van der Waals surface area contributed by atoms with Gasteiger partial charge in [-0.2, -0.15) is 0 Å². The monoisotopic (exact) mass is 216 g/mol. The van der Waals surface area contributed by atoms with Crippen LogP contribution in [-0.2, 0) is 0 Å². The summed E-state index contributed by atoms with van der Waals surface area (Å²) in [6.07, 6.45) is 1.88. The highest BCUT2D eigenvalue weighted by Crippen LogP contribution is 2.29. The molecule has 0 spiro atoms. The minimum Gasteiger partial charge on any atom is -0.492 e. The first-order valence-electron chi connectivity index (χ1n) is 5.43. The quantitative estimate of drug-likeness (QED) is 0.837. The third-order valence-electron chi connectivity index (χ3n) is 2.57. The smallest absolute Gasteiger partial charge is 0.238 e. The van der Waals surface area contributed by atoms with E-state index in [1.807, 2.05) is 51.2 Å². The third kappa shape index (κ3) is 1.94. The lowest BCUT2D eigenvalue weighted by molar-refractivity contribution is 0.427. The molecule has 1 aromatic heterocycles. The Bertz CT molecular complexity index is 500. The normalized spacial score (nSPS) is 11.0. The van der Waals surface area contributed by atoms with E-state index in [-0.39, 0.29) is 11.9 Å². The van der Waals surface area contributed by atoms with Crippen molar-refractivity contribution in [3.05, 3.63) is 36.0 Å². The van der Waals surface area contributed by atoms with Crippen molar-refractivity contribution in [2.24, 2.45) is 0 Å². The number of aromatic hydroxyl groups is 1. The summed E-state index contributed by atoms with van der Waals surface area (Å²) >= 11 is 0. The minimum absolute atomic E-state index is 0.0966. The van der Waals surface area contributed by atoms with Gasteiger partial charge < -0.3 is 5.11 Å². The van der Waals surface area contributed by atoms with Crippen LogP contribution in [0, 0.1) is 6.92 Å². The Hall–Kier alpha value is -1.77. The van der Waals surface area contributed by atoms with Crippen LogP contribution in [0.1, 0.15) is 25.5 Å². The summed E-state index contributed by atoms with van der Waals surface area (Å²) < 4.78 is 1.77. The van der Waals surface area contributed by atoms with Crippen LogP contribution < -0.4 is 0 Å². The molecule has 1 aromatic carbocycles. The average Bonchev–Trinajstić information content (AvgIpc) is 2.60. The summed E-state index contributed by atoms with van der Waals surface area (Å²) in [5.41, 5.74) is 2.97. The fourth-order valence-electron chi connectivity index (χ4n) is 1.66. The Morgan fingerprint density at radius 3 is 2.62 bits per heavy atom. The lowest BCUT2D eigenvalue weighted by Gasteiger charge is -2.02. The third-order valence-corrected chi connectivity index (χ3v) is 2.57. The molecule has 0 aliphatic rings. The minimum atomic E-state index is 0.0966. The van der Waals surface area contributed by atoms with Gasteiger partial charge in [-0.05, 0) is 26.3 Å². The first-order chi connectivity index (χ1) is 7.58. The van der Waals surface area contributed by atoms with Gasteiger partial charge in [-0.15, -0.1) is 5.10 Å². The number of rotatable bonds is 2. The molecule has 3 heteroatoms. The summed E-state index contributed by atoms with van der Waals surface area (Å²) in [6.45, 7) is 6.10. The van der Waals surface area contributed by atoms with Crippen molar-refractivity contribution in [3.63, 3.8) is 0 Å². The Morgan fingerprint density at radius 2 is 2.06 bits per heavy atom. The van der Waals surface area contributed by atoms with Gasteiger partial charge in [0.05, 0.1) is 5.56 Å². The molecule has 0 aliphatic heterocycles. The number of benzene rings is 1. The second kappa shape index (κ2) is 4.00. The molecule has 1 heterocycles. The van der Waals surface area contributed by atoms with Crippen molar-refractivity contribution >= 4 is 0 Å². The SMILES string of the molecule is Cc1cccc(-c2cn(C(C)C)nc2O)c1. The van der Waals surface area contributed by atoms with E-state index in [9.17, 15) is 5.11 Å². The molecule has 0 fully saturated rings. The molecule has 2 aromatic rings. The molecule has 1 N–H and O–H groups in total. The Balaban J connectivity index is 2.48. The molecule has 3 nitrogen and oxygen atoms in total. The van der Waals surface area contributed by atoms with Crippen molar-refractivity contribution in [2.45, 2.75) is 26.8 Å². The highest BCUT2D eigenvalue weighted by Gasteiger charge is 2.11. The number of aromatic nitrogens is 2. The highest BCUT2D eigenvalue weighted by molar-refractivity contribution is 5.68. The lowest BCUT2D eigenvalue weighted by Crippen LogP contribution is -1.99. The Morgan fingerprint density at radius 1 is 1.31 bits per heavy atom. The Kier molecular flexibility index (Phi) is 2.69. The zero-order valence-electron chi connectivity index (χ0n) is 9.81. The van der Waals surface area contributed by atoms with Crippen LogP contribution >= 0.6 is 0 Å². The van der Waals surface area contributed by atoms with E-state index in [0.717, 1.165) is 11.1 Å². The number of aryl methyl sites for hydroxylation is 1. The predicted molar refractivity (Wildman–Crippen MR) is 64.4 cm³/mol. The van der Waals surface area contributed by atoms with Crippen LogP contribution in [0.25, 0.3) is 11.1 Å². The van der Waals surface area contributed by atoms with Crippen molar-refractivity contribution in [3.8, 4) is 17.0 Å². The molecule has 0 saturated carbocycles. The summed E-state index contributed by atoms with van der Waals surface area (Å²) in [5, 5.41) is 13.9. The van der Waals surface area contributed by atoms with Crippen LogP contribution in [0.15, 0.2) is 30.5 Å². The summed E-state index contributed by atoms with van der Waals surface area (Å²) in [6, 6.07) is 8.30. The predicted octanol–water partition coefficient (Wildman–Crippen LogP) is 3.15. The van der Waals surface area contributed by atoms with E-state index in [1.54, 1.807) is 4.68 Å². The average molecular weight is 216 g/mol. The first kappa shape index (κ1) is 10.7. The maximum atomic E-state index is 9.79. The van der Waals surface area contributed by atoms with Crippen LogP contribution in [0.5, 0.6) is 5.88 Å². The van der Waals surface area contributed by atoms with E-state index >= 15 is 0 Å². The number of nitrogens with zero attached hydrogens (tertiary/aromatic N) is 2. The highest BCUT2D eigenvalue weighted by atomic mass is 16.3. The second-order valence-electron chi connectivity index (χ2n) is 4.31. The molecule has 2 rings (SSSR count). The maximum absolute atomic E-state index is 9.79. The van der Waals surface area contributed by atoms with Crippen LogP contribution in [-0.4, -0.2) is 14.9 Å². The molecule has 0 saturated heterocycles. The summed E-state index contributed by atoms with van der Waals surface area (Å²) in [7, 11) is 0. The van der Waals surface area contributed by atoms with E-state index in [0.29, 0.717) is 0 Å². The molecule has 0 aliphatic carbocycles. The van der Waals surface area contributed by atoms with Crippen molar-refractivity contribution in [1.29, 1.82) is 0 Å². The van der Waals surface area contributed by atoms with Crippen molar-refractivity contribution in [1.82, 2.24) is 9.78 Å². The molecule has 84 valence electrons. The standard InChI is InChI=1S/C13H16N2O/c1-9(2)15-8-12(13(16)14-15)11-6-4-5-10(3)7-11/h4-9H,1-3H3,(H,14,16). The first-order valence-corrected chi connectivity index (χ1v) is 5.43. The van der Waals surface area contributed by atoms with E-state index in [4.69, 9.17) is 0 Å². The molecule has 0 atom stereocenters. The fraction of sp³-hybridized carbons (Fsp3) is 0.308. The van der Waals surface area contributed by atoms with Crippen molar-refractivity contribution < 1.29 is 5.11 Å². The second-order valence-corrected chi connectivity index (χ2v) is 4.31. The van der Waals surface area contributed by atoms with Crippen LogP contribution in [0.3, 0.4) is 0 Å². The van der Waals surface area contributed by atoms with Gasteiger partial charge in [0.1, 0.15) is 0 Å². The van der Waals surface area contributed by atoms with E-state index in [2.05, 4.69) is 5.10 Å². The number of hydrogen-bond donors (Lipinski definition) is 1. The van der Waals surface area contributed by atoms with Gasteiger partial charge >= 0.3 is 0 Å². The van der Waals surface area contributed by atoms with Gasteiger partial charge in [0, 0.05) is 12.2 Å². The van der Waals surface area contributed by atoms with Gasteiger partial charge in [0.25, 0.3) is 0 Å². The van der Waals surface area contributed by atoms with Crippen LogP contribution in [0.2, 0.25) is 0 Å². The maximum Gasteiger partial charge on any atom is 0.238 e. The van der Waals surface area contributed by atoms with Gasteiger partial charge in [0.2, 0.25) is 5.88 Å².